The number of carbonyl (C=O) groups excluding carboxylic acids is 1. The van der Waals surface area contributed by atoms with Crippen LogP contribution >= 0.6 is 0 Å². The number of carbonyl (C=O) groups is 1. The van der Waals surface area contributed by atoms with Gasteiger partial charge in [-0.15, -0.1) is 0 Å². The molecule has 0 fully saturated rings. The largest absolute Gasteiger partial charge is 0.340 e. The molecule has 0 saturated carbocycles. The zero-order chi connectivity index (χ0) is 16.2. The first kappa shape index (κ1) is 15.1. The van der Waals surface area contributed by atoms with Crippen molar-refractivity contribution < 1.29 is 4.79 Å². The normalized spacial score (nSPS) is 10.7. The van der Waals surface area contributed by atoms with E-state index in [0.717, 1.165) is 11.3 Å². The second kappa shape index (κ2) is 6.52. The van der Waals surface area contributed by atoms with E-state index < -0.39 is 0 Å². The predicted molar refractivity (Wildman–Crippen MR) is 90.0 cm³/mol. The number of nitrogens with zero attached hydrogens (tertiary/aromatic N) is 4. The number of hydrogen-bond donors (Lipinski definition) is 0. The summed E-state index contributed by atoms with van der Waals surface area (Å²) in [4.78, 5) is 14.4. The molecular weight excluding hydrogens is 288 g/mol. The van der Waals surface area contributed by atoms with Gasteiger partial charge in [-0.05, 0) is 23.8 Å². The molecule has 2 heterocycles. The van der Waals surface area contributed by atoms with Crippen LogP contribution in [0.1, 0.15) is 10.5 Å². The molecule has 0 radical (unpaired) electrons. The molecular formula is C18H20N4O. The summed E-state index contributed by atoms with van der Waals surface area (Å²) < 4.78 is 3.77. The minimum absolute atomic E-state index is 0.0156. The van der Waals surface area contributed by atoms with Crippen molar-refractivity contribution >= 4 is 5.91 Å². The highest BCUT2D eigenvalue weighted by molar-refractivity contribution is 5.93. The summed E-state index contributed by atoms with van der Waals surface area (Å²) in [6.07, 6.45) is 3.64. The summed E-state index contributed by atoms with van der Waals surface area (Å²) in [7, 11) is 3.75. The SMILES string of the molecule is CN(CCn1cccn1)C(=O)c1ccc(-c2ccccc2)n1C. The van der Waals surface area contributed by atoms with E-state index in [0.29, 0.717) is 18.8 Å². The Labute approximate surface area is 135 Å². The van der Waals surface area contributed by atoms with Crippen LogP contribution in [0.15, 0.2) is 60.9 Å². The summed E-state index contributed by atoms with van der Waals surface area (Å²) in [5, 5.41) is 4.16. The van der Waals surface area contributed by atoms with Crippen molar-refractivity contribution in [3.63, 3.8) is 0 Å². The maximum Gasteiger partial charge on any atom is 0.270 e. The number of amides is 1. The first-order valence-corrected chi connectivity index (χ1v) is 7.61. The van der Waals surface area contributed by atoms with E-state index in [9.17, 15) is 4.79 Å². The number of aromatic nitrogens is 3. The van der Waals surface area contributed by atoms with E-state index in [1.165, 1.54) is 0 Å². The molecule has 5 nitrogen and oxygen atoms in total. The van der Waals surface area contributed by atoms with Crippen LogP contribution in [0, 0.1) is 0 Å². The number of likely N-dealkylation sites (N-methyl/N-ethyl adjacent to an activating group) is 1. The lowest BCUT2D eigenvalue weighted by Gasteiger charge is -2.18. The van der Waals surface area contributed by atoms with Gasteiger partial charge in [0, 0.05) is 38.7 Å². The highest BCUT2D eigenvalue weighted by atomic mass is 16.2. The molecule has 118 valence electrons. The average molecular weight is 308 g/mol. The molecule has 0 aliphatic rings. The van der Waals surface area contributed by atoms with Crippen molar-refractivity contribution in [3.8, 4) is 11.3 Å². The van der Waals surface area contributed by atoms with Crippen molar-refractivity contribution in [2.75, 3.05) is 13.6 Å². The third-order valence-electron chi connectivity index (χ3n) is 3.98. The summed E-state index contributed by atoms with van der Waals surface area (Å²) >= 11 is 0. The van der Waals surface area contributed by atoms with Gasteiger partial charge < -0.3 is 9.47 Å². The van der Waals surface area contributed by atoms with Gasteiger partial charge in [-0.1, -0.05) is 30.3 Å². The summed E-state index contributed by atoms with van der Waals surface area (Å²) in [5.74, 6) is 0.0156. The third kappa shape index (κ3) is 3.18. The molecule has 0 bridgehead atoms. The Balaban J connectivity index is 1.73. The van der Waals surface area contributed by atoms with Crippen LogP contribution in [0.5, 0.6) is 0 Å². The lowest BCUT2D eigenvalue weighted by molar-refractivity contribution is 0.0780. The Morgan fingerprint density at radius 2 is 1.91 bits per heavy atom. The van der Waals surface area contributed by atoms with Crippen LogP contribution in [-0.2, 0) is 13.6 Å². The molecule has 1 aromatic carbocycles. The second-order valence-electron chi connectivity index (χ2n) is 5.52. The molecule has 23 heavy (non-hydrogen) atoms. The third-order valence-corrected chi connectivity index (χ3v) is 3.98. The van der Waals surface area contributed by atoms with Gasteiger partial charge in [-0.3, -0.25) is 9.48 Å². The molecule has 0 spiro atoms. The van der Waals surface area contributed by atoms with E-state index in [-0.39, 0.29) is 5.91 Å². The first-order chi connectivity index (χ1) is 11.2. The zero-order valence-corrected chi connectivity index (χ0v) is 13.4. The summed E-state index contributed by atoms with van der Waals surface area (Å²) in [6.45, 7) is 1.30. The molecule has 0 atom stereocenters. The van der Waals surface area contributed by atoms with E-state index in [1.54, 1.807) is 11.1 Å². The van der Waals surface area contributed by atoms with Gasteiger partial charge in [0.05, 0.1) is 6.54 Å². The first-order valence-electron chi connectivity index (χ1n) is 7.61. The quantitative estimate of drug-likeness (QED) is 0.727. The molecule has 0 unspecified atom stereocenters. The summed E-state index contributed by atoms with van der Waals surface area (Å²) in [5.41, 5.74) is 2.83. The molecule has 3 aromatic rings. The molecule has 1 amide bonds. The van der Waals surface area contributed by atoms with Gasteiger partial charge in [0.15, 0.2) is 0 Å². The molecule has 0 aliphatic carbocycles. The van der Waals surface area contributed by atoms with Gasteiger partial charge >= 0.3 is 0 Å². The van der Waals surface area contributed by atoms with Gasteiger partial charge in [0.2, 0.25) is 0 Å². The highest BCUT2D eigenvalue weighted by Crippen LogP contribution is 2.21. The smallest absolute Gasteiger partial charge is 0.270 e. The van der Waals surface area contributed by atoms with Crippen LogP contribution in [-0.4, -0.2) is 38.7 Å². The predicted octanol–water partition coefficient (Wildman–Crippen LogP) is 2.66. The zero-order valence-electron chi connectivity index (χ0n) is 13.4. The fraction of sp³-hybridized carbons (Fsp3) is 0.222. The fourth-order valence-corrected chi connectivity index (χ4v) is 2.61. The van der Waals surface area contributed by atoms with Crippen molar-refractivity contribution in [1.82, 2.24) is 19.2 Å². The van der Waals surface area contributed by atoms with Crippen molar-refractivity contribution in [3.05, 3.63) is 66.6 Å². The maximum absolute atomic E-state index is 12.6. The minimum Gasteiger partial charge on any atom is -0.340 e. The lowest BCUT2D eigenvalue weighted by Crippen LogP contribution is -2.31. The Morgan fingerprint density at radius 1 is 1.13 bits per heavy atom. The molecule has 2 aromatic heterocycles. The average Bonchev–Trinajstić information content (AvgIpc) is 3.22. The summed E-state index contributed by atoms with van der Waals surface area (Å²) in [6, 6.07) is 15.8. The van der Waals surface area contributed by atoms with E-state index in [4.69, 9.17) is 0 Å². The molecule has 5 heteroatoms. The minimum atomic E-state index is 0.0156. The topological polar surface area (TPSA) is 43.1 Å². The standard InChI is InChI=1S/C18H20N4O/c1-20(13-14-22-12-6-11-19-22)18(23)17-10-9-16(21(17)2)15-7-4-3-5-8-15/h3-12H,13-14H2,1-2H3. The Kier molecular flexibility index (Phi) is 4.28. The van der Waals surface area contributed by atoms with Crippen LogP contribution < -0.4 is 0 Å². The lowest BCUT2D eigenvalue weighted by atomic mass is 10.2. The van der Waals surface area contributed by atoms with Crippen molar-refractivity contribution in [2.24, 2.45) is 7.05 Å². The van der Waals surface area contributed by atoms with Crippen molar-refractivity contribution in [2.45, 2.75) is 6.54 Å². The Hall–Kier alpha value is -2.82. The molecule has 0 saturated heterocycles. The van der Waals surface area contributed by atoms with Gasteiger partial charge in [-0.2, -0.15) is 5.10 Å². The van der Waals surface area contributed by atoms with Gasteiger partial charge in [-0.25, -0.2) is 0 Å². The van der Waals surface area contributed by atoms with Crippen LogP contribution in [0.25, 0.3) is 11.3 Å². The number of hydrogen-bond acceptors (Lipinski definition) is 2. The monoisotopic (exact) mass is 308 g/mol. The molecule has 3 rings (SSSR count). The van der Waals surface area contributed by atoms with Gasteiger partial charge in [0.25, 0.3) is 5.91 Å². The fourth-order valence-electron chi connectivity index (χ4n) is 2.61. The van der Waals surface area contributed by atoms with Crippen LogP contribution in [0.2, 0.25) is 0 Å². The second-order valence-corrected chi connectivity index (χ2v) is 5.52. The van der Waals surface area contributed by atoms with Gasteiger partial charge in [0.1, 0.15) is 5.69 Å². The number of rotatable bonds is 5. The van der Waals surface area contributed by atoms with E-state index in [1.807, 2.05) is 78.1 Å². The maximum atomic E-state index is 12.6. The van der Waals surface area contributed by atoms with Crippen LogP contribution in [0.3, 0.4) is 0 Å². The highest BCUT2D eigenvalue weighted by Gasteiger charge is 2.17. The van der Waals surface area contributed by atoms with Crippen LogP contribution in [0.4, 0.5) is 0 Å². The van der Waals surface area contributed by atoms with Crippen molar-refractivity contribution in [1.29, 1.82) is 0 Å². The Morgan fingerprint density at radius 3 is 2.61 bits per heavy atom. The Bertz CT molecular complexity index is 775. The van der Waals surface area contributed by atoms with E-state index in [2.05, 4.69) is 5.10 Å². The van der Waals surface area contributed by atoms with E-state index >= 15 is 0 Å². The number of benzene rings is 1. The molecule has 0 N–H and O–H groups in total. The molecule has 0 aliphatic heterocycles.